The van der Waals surface area contributed by atoms with Gasteiger partial charge in [0, 0.05) is 71.6 Å². The Hall–Kier alpha value is -3.86. The Morgan fingerprint density at radius 1 is 1.07 bits per heavy atom. The van der Waals surface area contributed by atoms with Crippen LogP contribution in [0.1, 0.15) is 80.5 Å². The van der Waals surface area contributed by atoms with Gasteiger partial charge in [0.1, 0.15) is 12.1 Å². The first-order valence-electron chi connectivity index (χ1n) is 20.2. The van der Waals surface area contributed by atoms with E-state index < -0.39 is 23.5 Å². The highest BCUT2D eigenvalue weighted by Crippen LogP contribution is 2.42. The van der Waals surface area contributed by atoms with Gasteiger partial charge in [0.15, 0.2) is 0 Å². The first kappa shape index (κ1) is 47.2. The number of fused-ring (bicyclic) bond motifs is 7. The Balaban J connectivity index is 0.00000228. The Kier molecular flexibility index (Phi) is 15.6. The van der Waals surface area contributed by atoms with E-state index in [2.05, 4.69) is 72.5 Å². The SMILES string of the molecule is CCn1c(-c2cccnc2[C@H](C)OC)c2c3cc(ccc31)-c1csc(n1)C[C@H](NC(=O)C1CCc3ccccc3C1)C(=O)N1CCC[C@H](N1)C(=O)OCC(C)(C)C2.S.S.S. The number of pyridine rings is 1. The van der Waals surface area contributed by atoms with Crippen LogP contribution in [0.15, 0.2) is 66.2 Å². The van der Waals surface area contributed by atoms with E-state index >= 15 is 0 Å². The van der Waals surface area contributed by atoms with Gasteiger partial charge in [-0.25, -0.2) is 10.4 Å². The minimum absolute atomic E-state index is 0. The number of carbonyl (C=O) groups is 3. The summed E-state index contributed by atoms with van der Waals surface area (Å²) in [5.41, 5.74) is 12.1. The van der Waals surface area contributed by atoms with E-state index in [-0.39, 0.29) is 77.4 Å². The van der Waals surface area contributed by atoms with Crippen LogP contribution in [-0.2, 0) is 56.1 Å². The van der Waals surface area contributed by atoms with Gasteiger partial charge in [0.2, 0.25) is 5.91 Å². The van der Waals surface area contributed by atoms with E-state index in [4.69, 9.17) is 19.4 Å². The van der Waals surface area contributed by atoms with Crippen LogP contribution in [0.3, 0.4) is 0 Å². The third kappa shape index (κ3) is 9.61. The van der Waals surface area contributed by atoms with Crippen LogP contribution in [0.25, 0.3) is 33.4 Å². The van der Waals surface area contributed by atoms with Crippen molar-refractivity contribution in [1.29, 1.82) is 0 Å². The van der Waals surface area contributed by atoms with Gasteiger partial charge in [-0.15, -0.1) is 11.3 Å². The van der Waals surface area contributed by atoms with Crippen LogP contribution in [0, 0.1) is 11.3 Å². The number of ether oxygens (including phenoxy) is 2. The van der Waals surface area contributed by atoms with Crippen LogP contribution in [-0.4, -0.2) is 69.7 Å². The van der Waals surface area contributed by atoms with Gasteiger partial charge in [-0.3, -0.25) is 24.4 Å². The number of hydrogen-bond acceptors (Lipinski definition) is 9. The fourth-order valence-electron chi connectivity index (χ4n) is 8.78. The average Bonchev–Trinajstić information content (AvgIpc) is 3.83. The molecular formula is C45H58N6O5S4. The number of amides is 2. The normalized spacial score (nSPS) is 20.6. The molecule has 15 heteroatoms. The minimum Gasteiger partial charge on any atom is -0.464 e. The van der Waals surface area contributed by atoms with Crippen molar-refractivity contribution in [1.82, 2.24) is 30.3 Å². The second-order valence-corrected chi connectivity index (χ2v) is 17.4. The van der Waals surface area contributed by atoms with Gasteiger partial charge in [-0.1, -0.05) is 44.2 Å². The number of benzene rings is 2. The molecule has 5 aromatic rings. The molecule has 5 heterocycles. The lowest BCUT2D eigenvalue weighted by Crippen LogP contribution is -2.61. The summed E-state index contributed by atoms with van der Waals surface area (Å²) in [6.45, 7) is 9.74. The third-order valence-corrected chi connectivity index (χ3v) is 12.7. The molecule has 4 atom stereocenters. The lowest BCUT2D eigenvalue weighted by Gasteiger charge is -2.36. The highest BCUT2D eigenvalue weighted by atomic mass is 32.1. The predicted octanol–water partition coefficient (Wildman–Crippen LogP) is 7.35. The number of thiazole rings is 1. The van der Waals surface area contributed by atoms with Crippen LogP contribution < -0.4 is 10.7 Å². The smallest absolute Gasteiger partial charge is 0.324 e. The van der Waals surface area contributed by atoms with E-state index in [1.807, 2.05) is 36.7 Å². The molecule has 8 rings (SSSR count). The van der Waals surface area contributed by atoms with Crippen LogP contribution in [0.2, 0.25) is 0 Å². The predicted molar refractivity (Wildman–Crippen MR) is 252 cm³/mol. The molecule has 322 valence electrons. The molecule has 0 spiro atoms. The summed E-state index contributed by atoms with van der Waals surface area (Å²) in [5.74, 6) is -1.06. The topological polar surface area (TPSA) is 128 Å². The van der Waals surface area contributed by atoms with Crippen molar-refractivity contribution in [3.63, 3.8) is 0 Å². The van der Waals surface area contributed by atoms with E-state index in [0.717, 1.165) is 69.1 Å². The van der Waals surface area contributed by atoms with Crippen molar-refractivity contribution in [2.24, 2.45) is 11.3 Å². The van der Waals surface area contributed by atoms with Crippen LogP contribution in [0.4, 0.5) is 0 Å². The van der Waals surface area contributed by atoms with Crippen LogP contribution >= 0.6 is 51.8 Å². The van der Waals surface area contributed by atoms with Crippen LogP contribution in [0.5, 0.6) is 0 Å². The summed E-state index contributed by atoms with van der Waals surface area (Å²) in [7, 11) is 1.70. The molecular weight excluding hydrogens is 833 g/mol. The summed E-state index contributed by atoms with van der Waals surface area (Å²) < 4.78 is 14.2. The summed E-state index contributed by atoms with van der Waals surface area (Å²) >= 11 is 1.49. The summed E-state index contributed by atoms with van der Waals surface area (Å²) in [6, 6.07) is 17.3. The molecule has 1 saturated heterocycles. The lowest BCUT2D eigenvalue weighted by molar-refractivity contribution is -0.155. The number of nitrogens with one attached hydrogen (secondary N) is 2. The summed E-state index contributed by atoms with van der Waals surface area (Å²) in [4.78, 5) is 51.9. The lowest BCUT2D eigenvalue weighted by atomic mass is 9.83. The third-order valence-electron chi connectivity index (χ3n) is 11.9. The van der Waals surface area contributed by atoms with Gasteiger partial charge in [-0.05, 0) is 93.3 Å². The molecule has 60 heavy (non-hydrogen) atoms. The van der Waals surface area contributed by atoms with E-state index in [9.17, 15) is 14.4 Å². The first-order valence-corrected chi connectivity index (χ1v) is 21.1. The largest absolute Gasteiger partial charge is 0.464 e. The molecule has 2 aliphatic heterocycles. The Labute approximate surface area is 377 Å². The number of cyclic esters (lactones) is 1. The molecule has 1 unspecified atom stereocenters. The molecule has 0 saturated carbocycles. The fraction of sp³-hybridized carbons (Fsp3) is 0.444. The molecule has 3 aliphatic rings. The summed E-state index contributed by atoms with van der Waals surface area (Å²) in [6.07, 6.45) is 5.77. The van der Waals surface area contributed by atoms with E-state index in [1.165, 1.54) is 27.5 Å². The van der Waals surface area contributed by atoms with Gasteiger partial charge in [0.25, 0.3) is 5.91 Å². The highest BCUT2D eigenvalue weighted by Gasteiger charge is 2.37. The Bertz CT molecular complexity index is 2330. The Morgan fingerprint density at radius 2 is 1.85 bits per heavy atom. The molecule has 1 aliphatic carbocycles. The number of hydrazine groups is 1. The zero-order valence-electron chi connectivity index (χ0n) is 35.0. The number of hydrogen-bond donors (Lipinski definition) is 2. The van der Waals surface area contributed by atoms with Crippen molar-refractivity contribution >= 4 is 80.5 Å². The second-order valence-electron chi connectivity index (χ2n) is 16.5. The molecule has 3 aromatic heterocycles. The summed E-state index contributed by atoms with van der Waals surface area (Å²) in [5, 5.41) is 8.53. The molecule has 2 amide bonds. The second kappa shape index (κ2) is 19.9. The standard InChI is InChI=1S/C45H52N6O5S.3H2S/c1-6-50-38-18-17-30-22-33(38)34(41(50)32-13-9-19-46-40(32)27(2)55-5)24-45(3,4)26-56-44(54)35-14-10-20-51(49-35)43(53)36(23-39-47-37(30)25-57-39)48-42(52)31-16-15-28-11-7-8-12-29(28)21-31;;;/h7-9,11-13,17-19,22,25,27,31,35-36,49H,6,10,14-16,20-21,23-24,26H2,1-5H3,(H,48,52);3*1H2/t27-,31?,35-,36-;;;/m0.../s1. The minimum atomic E-state index is -0.868. The van der Waals surface area contributed by atoms with Crippen molar-refractivity contribution in [3.05, 3.63) is 93.6 Å². The first-order chi connectivity index (χ1) is 27.5. The number of aryl methyl sites for hydroxylation is 2. The maximum absolute atomic E-state index is 14.4. The van der Waals surface area contributed by atoms with E-state index in [1.54, 1.807) is 7.11 Å². The monoisotopic (exact) mass is 890 g/mol. The maximum atomic E-state index is 14.4. The average molecular weight is 891 g/mol. The molecule has 6 bridgehead atoms. The maximum Gasteiger partial charge on any atom is 0.324 e. The zero-order chi connectivity index (χ0) is 39.8. The number of nitrogens with zero attached hydrogens (tertiary/aromatic N) is 4. The fourth-order valence-corrected chi connectivity index (χ4v) is 9.63. The molecule has 2 N–H and O–H groups in total. The number of carbonyl (C=O) groups excluding carboxylic acids is 3. The highest BCUT2D eigenvalue weighted by molar-refractivity contribution is 7.59. The quantitative estimate of drug-likeness (QED) is 0.170. The molecule has 11 nitrogen and oxygen atoms in total. The molecule has 0 radical (unpaired) electrons. The van der Waals surface area contributed by atoms with Crippen molar-refractivity contribution < 1.29 is 23.9 Å². The van der Waals surface area contributed by atoms with Gasteiger partial charge < -0.3 is 19.4 Å². The number of aromatic nitrogens is 3. The molecule has 2 aromatic carbocycles. The number of methoxy groups -OCH3 is 1. The van der Waals surface area contributed by atoms with Gasteiger partial charge in [-0.2, -0.15) is 40.5 Å². The number of rotatable bonds is 6. The van der Waals surface area contributed by atoms with Crippen molar-refractivity contribution in [2.45, 2.75) is 97.4 Å². The molecule has 1 fully saturated rings. The Morgan fingerprint density at radius 3 is 2.62 bits per heavy atom. The number of esters is 1. The van der Waals surface area contributed by atoms with Gasteiger partial charge >= 0.3 is 5.97 Å². The van der Waals surface area contributed by atoms with Crippen molar-refractivity contribution in [2.75, 3.05) is 20.3 Å². The van der Waals surface area contributed by atoms with Gasteiger partial charge in [0.05, 0.1) is 34.8 Å². The zero-order valence-corrected chi connectivity index (χ0v) is 38.8. The van der Waals surface area contributed by atoms with Crippen molar-refractivity contribution in [3.8, 4) is 22.5 Å². The van der Waals surface area contributed by atoms with E-state index in [0.29, 0.717) is 32.2 Å².